The zero-order valence-corrected chi connectivity index (χ0v) is 18.1. The van der Waals surface area contributed by atoms with E-state index < -0.39 is 11.2 Å². The number of H-pyrrole nitrogens is 2. The Bertz CT molecular complexity index is 1300. The molecule has 0 spiro atoms. The summed E-state index contributed by atoms with van der Waals surface area (Å²) in [4.78, 5) is 28.1. The summed E-state index contributed by atoms with van der Waals surface area (Å²) < 4.78 is 7.17. The maximum absolute atomic E-state index is 11.7. The summed E-state index contributed by atoms with van der Waals surface area (Å²) in [7, 11) is 1.61. The van der Waals surface area contributed by atoms with E-state index in [9.17, 15) is 9.59 Å². The van der Waals surface area contributed by atoms with Crippen LogP contribution in [0, 0.1) is 0 Å². The molecule has 0 fully saturated rings. The standard InChI is InChI=1S/C23H21N5O3S/c1-31-19-11-9-18(10-12-19)28-20(14-17-15-21(29)25-22(30)24-17)26-27-23(28)32-13-5-8-16-6-3-2-4-7-16/h2-12,15H,13-14H2,1H3,(H2,24,25,29,30). The van der Waals surface area contributed by atoms with Crippen molar-refractivity contribution >= 4 is 17.8 Å². The van der Waals surface area contributed by atoms with Crippen LogP contribution >= 0.6 is 11.8 Å². The van der Waals surface area contributed by atoms with Crippen LogP contribution in [0.5, 0.6) is 5.75 Å². The fourth-order valence-corrected chi connectivity index (χ4v) is 3.93. The molecule has 4 rings (SSSR count). The van der Waals surface area contributed by atoms with Crippen LogP contribution in [0.2, 0.25) is 0 Å². The van der Waals surface area contributed by atoms with E-state index in [1.165, 1.54) is 6.07 Å². The van der Waals surface area contributed by atoms with Crippen LogP contribution in [0.25, 0.3) is 11.8 Å². The van der Waals surface area contributed by atoms with Gasteiger partial charge in [-0.25, -0.2) is 4.79 Å². The number of thioether (sulfide) groups is 1. The second kappa shape index (κ2) is 9.97. The van der Waals surface area contributed by atoms with E-state index in [1.54, 1.807) is 18.9 Å². The highest BCUT2D eigenvalue weighted by Crippen LogP contribution is 2.25. The molecule has 2 heterocycles. The topological polar surface area (TPSA) is 106 Å². The number of hydrogen-bond donors (Lipinski definition) is 2. The molecule has 0 unspecified atom stereocenters. The fourth-order valence-electron chi connectivity index (χ4n) is 3.15. The third kappa shape index (κ3) is 5.25. The summed E-state index contributed by atoms with van der Waals surface area (Å²) in [5.74, 6) is 2.04. The lowest BCUT2D eigenvalue weighted by atomic mass is 10.2. The van der Waals surface area contributed by atoms with Crippen molar-refractivity contribution in [2.24, 2.45) is 0 Å². The van der Waals surface area contributed by atoms with Crippen LogP contribution in [-0.4, -0.2) is 37.6 Å². The molecule has 2 aromatic heterocycles. The van der Waals surface area contributed by atoms with Gasteiger partial charge in [-0.2, -0.15) is 0 Å². The Balaban J connectivity index is 1.62. The van der Waals surface area contributed by atoms with E-state index >= 15 is 0 Å². The minimum Gasteiger partial charge on any atom is -0.497 e. The van der Waals surface area contributed by atoms with Crippen molar-refractivity contribution in [3.05, 3.63) is 105 Å². The Morgan fingerprint density at radius 3 is 2.53 bits per heavy atom. The van der Waals surface area contributed by atoms with Crippen LogP contribution in [0.4, 0.5) is 0 Å². The van der Waals surface area contributed by atoms with Crippen LogP contribution < -0.4 is 16.0 Å². The molecule has 162 valence electrons. The van der Waals surface area contributed by atoms with Gasteiger partial charge in [-0.05, 0) is 29.8 Å². The highest BCUT2D eigenvalue weighted by atomic mass is 32.2. The van der Waals surface area contributed by atoms with E-state index in [-0.39, 0.29) is 6.42 Å². The van der Waals surface area contributed by atoms with Crippen molar-refractivity contribution < 1.29 is 4.74 Å². The zero-order chi connectivity index (χ0) is 22.3. The van der Waals surface area contributed by atoms with Gasteiger partial charge in [-0.1, -0.05) is 54.2 Å². The summed E-state index contributed by atoms with van der Waals surface area (Å²) >= 11 is 1.54. The van der Waals surface area contributed by atoms with Crippen LogP contribution in [0.15, 0.2) is 81.5 Å². The molecule has 0 aliphatic heterocycles. The smallest absolute Gasteiger partial charge is 0.325 e. The van der Waals surface area contributed by atoms with Crippen LogP contribution in [-0.2, 0) is 6.42 Å². The zero-order valence-electron chi connectivity index (χ0n) is 17.3. The highest BCUT2D eigenvalue weighted by molar-refractivity contribution is 7.99. The average molecular weight is 448 g/mol. The first-order chi connectivity index (χ1) is 15.6. The van der Waals surface area contributed by atoms with Crippen LogP contribution in [0.3, 0.4) is 0 Å². The summed E-state index contributed by atoms with van der Waals surface area (Å²) in [5.41, 5.74) is 1.43. The molecule has 2 aromatic carbocycles. The first-order valence-corrected chi connectivity index (χ1v) is 10.9. The third-order valence-electron chi connectivity index (χ3n) is 4.61. The number of hydrogen-bond acceptors (Lipinski definition) is 6. The molecule has 0 radical (unpaired) electrons. The van der Waals surface area contributed by atoms with Crippen molar-refractivity contribution in [2.45, 2.75) is 11.6 Å². The second-order valence-corrected chi connectivity index (χ2v) is 7.83. The van der Waals surface area contributed by atoms with Crippen molar-refractivity contribution in [1.29, 1.82) is 0 Å². The quantitative estimate of drug-likeness (QED) is 0.402. The SMILES string of the molecule is COc1ccc(-n2c(Cc3cc(=O)[nH]c(=O)[nH]3)nnc2SCC=Cc2ccccc2)cc1. The van der Waals surface area contributed by atoms with Gasteiger partial charge in [0.05, 0.1) is 7.11 Å². The van der Waals surface area contributed by atoms with Crippen molar-refractivity contribution in [2.75, 3.05) is 12.9 Å². The van der Waals surface area contributed by atoms with Gasteiger partial charge < -0.3 is 9.72 Å². The molecule has 0 bridgehead atoms. The molecule has 0 saturated heterocycles. The number of nitrogens with zero attached hydrogens (tertiary/aromatic N) is 3. The predicted molar refractivity (Wildman–Crippen MR) is 125 cm³/mol. The highest BCUT2D eigenvalue weighted by Gasteiger charge is 2.15. The Morgan fingerprint density at radius 2 is 1.81 bits per heavy atom. The minimum absolute atomic E-state index is 0.249. The predicted octanol–water partition coefficient (Wildman–Crippen LogP) is 3.05. The van der Waals surface area contributed by atoms with Gasteiger partial charge in [0, 0.05) is 29.6 Å². The number of rotatable bonds is 8. The molecule has 0 atom stereocenters. The molecule has 0 aliphatic carbocycles. The largest absolute Gasteiger partial charge is 0.497 e. The summed E-state index contributed by atoms with van der Waals surface area (Å²) in [5, 5.41) is 9.39. The molecule has 0 amide bonds. The molecule has 0 saturated carbocycles. The maximum atomic E-state index is 11.7. The molecule has 2 N–H and O–H groups in total. The first-order valence-electron chi connectivity index (χ1n) is 9.88. The van der Waals surface area contributed by atoms with E-state index in [2.05, 4.69) is 32.3 Å². The Kier molecular flexibility index (Phi) is 6.66. The van der Waals surface area contributed by atoms with E-state index in [0.717, 1.165) is 17.0 Å². The number of methoxy groups -OCH3 is 1. The van der Waals surface area contributed by atoms with Crippen molar-refractivity contribution in [3.8, 4) is 11.4 Å². The molecule has 4 aromatic rings. The summed E-state index contributed by atoms with van der Waals surface area (Å²) in [6, 6.07) is 19.0. The van der Waals surface area contributed by atoms with Gasteiger partial charge in [0.2, 0.25) is 0 Å². The van der Waals surface area contributed by atoms with Gasteiger partial charge in [0.25, 0.3) is 5.56 Å². The monoisotopic (exact) mass is 447 g/mol. The number of benzene rings is 2. The maximum Gasteiger partial charge on any atom is 0.325 e. The van der Waals surface area contributed by atoms with Crippen molar-refractivity contribution in [3.63, 3.8) is 0 Å². The number of aromatic nitrogens is 5. The van der Waals surface area contributed by atoms with E-state index in [4.69, 9.17) is 4.74 Å². The van der Waals surface area contributed by atoms with Gasteiger partial charge in [0.1, 0.15) is 11.6 Å². The fraction of sp³-hybridized carbons (Fsp3) is 0.130. The summed E-state index contributed by atoms with van der Waals surface area (Å²) in [6.07, 6.45) is 4.38. The third-order valence-corrected chi connectivity index (χ3v) is 5.50. The average Bonchev–Trinajstić information content (AvgIpc) is 3.19. The Hall–Kier alpha value is -3.85. The van der Waals surface area contributed by atoms with Gasteiger partial charge >= 0.3 is 5.69 Å². The molecule has 32 heavy (non-hydrogen) atoms. The van der Waals surface area contributed by atoms with Gasteiger partial charge in [-0.15, -0.1) is 10.2 Å². The second-order valence-electron chi connectivity index (χ2n) is 6.85. The minimum atomic E-state index is -0.552. The normalized spacial score (nSPS) is 11.2. The number of ether oxygens (including phenoxy) is 1. The lowest BCUT2D eigenvalue weighted by molar-refractivity contribution is 0.414. The Morgan fingerprint density at radius 1 is 1.03 bits per heavy atom. The molecular formula is C23H21N5O3S. The number of aromatic amines is 2. The van der Waals surface area contributed by atoms with E-state index in [1.807, 2.05) is 59.2 Å². The molecule has 9 heteroatoms. The lowest BCUT2D eigenvalue weighted by Gasteiger charge is -2.10. The van der Waals surface area contributed by atoms with Gasteiger partial charge in [-0.3, -0.25) is 14.3 Å². The lowest BCUT2D eigenvalue weighted by Crippen LogP contribution is -2.23. The molecular weight excluding hydrogens is 426 g/mol. The Labute approximate surface area is 188 Å². The molecule has 8 nitrogen and oxygen atoms in total. The van der Waals surface area contributed by atoms with Gasteiger partial charge in [0.15, 0.2) is 5.16 Å². The number of nitrogens with one attached hydrogen (secondary N) is 2. The first kappa shape index (κ1) is 21.4. The molecule has 0 aliphatic rings. The van der Waals surface area contributed by atoms with Crippen LogP contribution in [0.1, 0.15) is 17.1 Å². The van der Waals surface area contributed by atoms with Crippen molar-refractivity contribution in [1.82, 2.24) is 24.7 Å². The van der Waals surface area contributed by atoms with E-state index in [0.29, 0.717) is 22.4 Å². The summed E-state index contributed by atoms with van der Waals surface area (Å²) in [6.45, 7) is 0.